The largest absolute Gasteiger partial charge is 0.474 e. The van der Waals surface area contributed by atoms with Crippen molar-refractivity contribution in [2.24, 2.45) is 5.73 Å². The number of ether oxygens (including phenoxy) is 2. The zero-order chi connectivity index (χ0) is 26.7. The topological polar surface area (TPSA) is 121 Å². The highest BCUT2D eigenvalue weighted by atomic mass is 32.2. The number of benzene rings is 1. The van der Waals surface area contributed by atoms with E-state index in [1.54, 1.807) is 0 Å². The molecule has 1 aliphatic rings. The number of hydrogen-bond acceptors (Lipinski definition) is 7. The molecule has 198 valence electrons. The minimum atomic E-state index is -4.67. The number of nitrogens with zero attached hydrogens (tertiary/aromatic N) is 1. The third-order valence-corrected chi connectivity index (χ3v) is 6.99. The lowest BCUT2D eigenvalue weighted by Crippen LogP contribution is -2.30. The summed E-state index contributed by atoms with van der Waals surface area (Å²) in [4.78, 5) is 16.3. The number of carbonyl (C=O) groups excluding carboxylic acids is 1. The number of nitrogens with two attached hydrogens (primary N) is 1. The summed E-state index contributed by atoms with van der Waals surface area (Å²) in [6, 6.07) is 5.63. The van der Waals surface area contributed by atoms with Crippen LogP contribution in [0.4, 0.5) is 17.6 Å². The van der Waals surface area contributed by atoms with Gasteiger partial charge in [0.05, 0.1) is 19.1 Å². The van der Waals surface area contributed by atoms with Gasteiger partial charge in [-0.2, -0.15) is 13.2 Å². The molecule has 2 heterocycles. The van der Waals surface area contributed by atoms with E-state index in [0.717, 1.165) is 18.4 Å². The normalized spacial score (nSPS) is 16.9. The van der Waals surface area contributed by atoms with Crippen LogP contribution in [0.5, 0.6) is 5.88 Å². The fourth-order valence-corrected chi connectivity index (χ4v) is 4.23. The maximum Gasteiger partial charge on any atom is 0.433 e. The lowest BCUT2D eigenvalue weighted by Gasteiger charge is -2.24. The number of carbonyl (C=O) groups is 1. The van der Waals surface area contributed by atoms with E-state index < -0.39 is 44.7 Å². The maximum atomic E-state index is 14.5. The van der Waals surface area contributed by atoms with Gasteiger partial charge in [-0.05, 0) is 30.7 Å². The van der Waals surface area contributed by atoms with Gasteiger partial charge in [-0.1, -0.05) is 12.1 Å². The zero-order valence-corrected chi connectivity index (χ0v) is 20.5. The molecule has 8 nitrogen and oxygen atoms in total. The number of rotatable bonds is 8. The van der Waals surface area contributed by atoms with Gasteiger partial charge in [-0.25, -0.2) is 17.8 Å². The van der Waals surface area contributed by atoms with Crippen molar-refractivity contribution in [3.05, 3.63) is 58.5 Å². The summed E-state index contributed by atoms with van der Waals surface area (Å²) in [5.41, 5.74) is 4.76. The summed E-state index contributed by atoms with van der Waals surface area (Å²) in [6.07, 6.45) is -3.17. The van der Waals surface area contributed by atoms with Crippen molar-refractivity contribution < 1.29 is 40.2 Å². The summed E-state index contributed by atoms with van der Waals surface area (Å²) < 4.78 is 88.3. The average molecular weight is 534 g/mol. The monoisotopic (exact) mass is 533 g/mol. The van der Waals surface area contributed by atoms with Gasteiger partial charge in [0.25, 0.3) is 0 Å². The second-order valence-electron chi connectivity index (χ2n) is 8.56. The fourth-order valence-electron chi connectivity index (χ4n) is 3.58. The molecular formula is C23H27F4N3O5S. The van der Waals surface area contributed by atoms with Crippen molar-refractivity contribution in [1.29, 1.82) is 0 Å². The summed E-state index contributed by atoms with van der Waals surface area (Å²) in [6.45, 7) is 2.16. The number of amides is 1. The fraction of sp³-hybridized carbons (Fsp3) is 0.478. The van der Waals surface area contributed by atoms with Crippen molar-refractivity contribution in [2.75, 3.05) is 19.5 Å². The van der Waals surface area contributed by atoms with Crippen LogP contribution in [0.1, 0.15) is 53.4 Å². The molecule has 0 spiro atoms. The van der Waals surface area contributed by atoms with Crippen molar-refractivity contribution in [3.63, 3.8) is 0 Å². The Morgan fingerprint density at radius 1 is 1.25 bits per heavy atom. The van der Waals surface area contributed by atoms with Crippen molar-refractivity contribution in [2.45, 2.75) is 49.9 Å². The Balaban J connectivity index is 1.74. The zero-order valence-electron chi connectivity index (χ0n) is 19.6. The minimum absolute atomic E-state index is 0.174. The minimum Gasteiger partial charge on any atom is -0.474 e. The molecule has 0 saturated carbocycles. The van der Waals surface area contributed by atoms with Crippen LogP contribution in [0.3, 0.4) is 0 Å². The van der Waals surface area contributed by atoms with Gasteiger partial charge < -0.3 is 20.5 Å². The standard InChI is InChI=1S/C23H27F4N3O5S/c1-13(14-3-5-17(18(24)11-14)20(28)36(2,32)33)21(31)29-12-15-4-6-19(23(25,26)27)30-22(15)35-16-7-9-34-10-8-16/h3-6,11,13,16,20H,7-10,12,28H2,1-2H3,(H,29,31). The summed E-state index contributed by atoms with van der Waals surface area (Å²) >= 11 is 0. The first kappa shape index (κ1) is 27.8. The van der Waals surface area contributed by atoms with Crippen LogP contribution in [0.25, 0.3) is 0 Å². The van der Waals surface area contributed by atoms with Gasteiger partial charge in [-0.3, -0.25) is 4.79 Å². The van der Waals surface area contributed by atoms with E-state index in [1.165, 1.54) is 25.1 Å². The smallest absolute Gasteiger partial charge is 0.433 e. The lowest BCUT2D eigenvalue weighted by molar-refractivity contribution is -0.141. The molecule has 2 aromatic rings. The number of sulfone groups is 1. The molecule has 1 aromatic carbocycles. The SMILES string of the molecule is CC(C(=O)NCc1ccc(C(F)(F)F)nc1OC1CCOCC1)c1ccc(C(N)S(C)(=O)=O)c(F)c1. The van der Waals surface area contributed by atoms with E-state index in [9.17, 15) is 30.8 Å². The van der Waals surface area contributed by atoms with E-state index >= 15 is 0 Å². The Labute approximate surface area is 206 Å². The molecule has 2 unspecified atom stereocenters. The van der Waals surface area contributed by atoms with Crippen molar-refractivity contribution in [3.8, 4) is 5.88 Å². The molecule has 2 atom stereocenters. The van der Waals surface area contributed by atoms with Crippen molar-refractivity contribution >= 4 is 15.7 Å². The van der Waals surface area contributed by atoms with E-state index in [-0.39, 0.29) is 35.2 Å². The predicted octanol–water partition coefficient (Wildman–Crippen LogP) is 3.22. The molecule has 1 amide bonds. The molecule has 36 heavy (non-hydrogen) atoms. The molecule has 1 aliphatic heterocycles. The van der Waals surface area contributed by atoms with Gasteiger partial charge in [0.1, 0.15) is 23.0 Å². The number of nitrogens with one attached hydrogen (secondary N) is 1. The number of alkyl halides is 3. The third kappa shape index (κ3) is 6.92. The highest BCUT2D eigenvalue weighted by molar-refractivity contribution is 7.90. The van der Waals surface area contributed by atoms with Crippen LogP contribution in [-0.4, -0.2) is 44.9 Å². The Morgan fingerprint density at radius 2 is 1.92 bits per heavy atom. The molecule has 1 aromatic heterocycles. The first-order valence-electron chi connectivity index (χ1n) is 11.1. The molecule has 0 radical (unpaired) electrons. The first-order valence-corrected chi connectivity index (χ1v) is 13.1. The molecule has 1 fully saturated rings. The van der Waals surface area contributed by atoms with Gasteiger partial charge in [0, 0.05) is 36.8 Å². The molecule has 0 aliphatic carbocycles. The number of aromatic nitrogens is 1. The van der Waals surface area contributed by atoms with E-state index in [2.05, 4.69) is 10.3 Å². The van der Waals surface area contributed by atoms with Crippen LogP contribution in [0.2, 0.25) is 0 Å². The number of hydrogen-bond donors (Lipinski definition) is 2. The quantitative estimate of drug-likeness (QED) is 0.500. The third-order valence-electron chi connectivity index (χ3n) is 5.81. The number of pyridine rings is 1. The predicted molar refractivity (Wildman–Crippen MR) is 122 cm³/mol. The number of halogens is 4. The molecule has 3 rings (SSSR count). The average Bonchev–Trinajstić information content (AvgIpc) is 2.81. The van der Waals surface area contributed by atoms with Crippen LogP contribution >= 0.6 is 0 Å². The Kier molecular flexibility index (Phi) is 8.57. The van der Waals surface area contributed by atoms with Gasteiger partial charge >= 0.3 is 6.18 Å². The second kappa shape index (κ2) is 11.1. The van der Waals surface area contributed by atoms with Gasteiger partial charge in [-0.15, -0.1) is 0 Å². The van der Waals surface area contributed by atoms with E-state index in [1.807, 2.05) is 0 Å². The molecule has 13 heteroatoms. The molecule has 1 saturated heterocycles. The molecule has 0 bridgehead atoms. The second-order valence-corrected chi connectivity index (χ2v) is 10.7. The van der Waals surface area contributed by atoms with Crippen LogP contribution in [-0.2, 0) is 32.1 Å². The van der Waals surface area contributed by atoms with Crippen LogP contribution in [0, 0.1) is 5.82 Å². The Morgan fingerprint density at radius 3 is 2.50 bits per heavy atom. The van der Waals surface area contributed by atoms with Crippen LogP contribution in [0.15, 0.2) is 30.3 Å². The van der Waals surface area contributed by atoms with Gasteiger partial charge in [0.2, 0.25) is 11.8 Å². The molecular weight excluding hydrogens is 506 g/mol. The Bertz CT molecular complexity index is 1200. The van der Waals surface area contributed by atoms with E-state index in [4.69, 9.17) is 15.2 Å². The highest BCUT2D eigenvalue weighted by Crippen LogP contribution is 2.31. The van der Waals surface area contributed by atoms with Crippen LogP contribution < -0.4 is 15.8 Å². The van der Waals surface area contributed by atoms with Gasteiger partial charge in [0.15, 0.2) is 9.84 Å². The summed E-state index contributed by atoms with van der Waals surface area (Å²) in [7, 11) is -3.73. The Hall–Kier alpha value is -2.77. The van der Waals surface area contributed by atoms with Crippen molar-refractivity contribution in [1.82, 2.24) is 10.3 Å². The maximum absolute atomic E-state index is 14.5. The first-order chi connectivity index (χ1) is 16.8. The highest BCUT2D eigenvalue weighted by Gasteiger charge is 2.34. The lowest BCUT2D eigenvalue weighted by atomic mass is 9.98. The summed E-state index contributed by atoms with van der Waals surface area (Å²) in [5, 5.41) is 1.06. The van der Waals surface area contributed by atoms with E-state index in [0.29, 0.717) is 26.1 Å². The molecule has 3 N–H and O–H groups in total. The summed E-state index contributed by atoms with van der Waals surface area (Å²) in [5.74, 6) is -2.49.